The smallest absolute Gasteiger partial charge is 0.550 e. The summed E-state index contributed by atoms with van der Waals surface area (Å²) in [4.78, 5) is 19.6. The van der Waals surface area contributed by atoms with Crippen LogP contribution in [-0.2, 0) is 32.0 Å². The summed E-state index contributed by atoms with van der Waals surface area (Å²) in [6.07, 6.45) is -0.500. The Morgan fingerprint density at radius 2 is 1.75 bits per heavy atom. The Bertz CT molecular complexity index is 154. The Hall–Kier alpha value is 0.640. The molecule has 12 heavy (non-hydrogen) atoms. The second-order valence-corrected chi connectivity index (χ2v) is 1.84. The molecule has 2 N–H and O–H groups in total. The van der Waals surface area contributed by atoms with Gasteiger partial charge < -0.3 is 25.5 Å². The van der Waals surface area contributed by atoms with Crippen LogP contribution in [0.3, 0.4) is 0 Å². The van der Waals surface area contributed by atoms with Crippen LogP contribution in [0.5, 0.6) is 0 Å². The van der Waals surface area contributed by atoms with Crippen molar-refractivity contribution < 1.29 is 71.7 Å². The van der Waals surface area contributed by atoms with Gasteiger partial charge in [-0.15, -0.1) is 0 Å². The minimum absolute atomic E-state index is 0. The quantitative estimate of drug-likeness (QED) is 0.514. The number of carboxylic acid groups (broad SMARTS) is 2. The Morgan fingerprint density at radius 1 is 1.33 bits per heavy atom. The number of carboxylic acids is 2. The van der Waals surface area contributed by atoms with Gasteiger partial charge >= 0.3 is 51.9 Å². The van der Waals surface area contributed by atoms with E-state index in [1.165, 1.54) is 0 Å². The second-order valence-electron chi connectivity index (χ2n) is 1.84. The van der Waals surface area contributed by atoms with E-state index in [0.29, 0.717) is 0 Å². The van der Waals surface area contributed by atoms with Crippen molar-refractivity contribution in [1.29, 1.82) is 0 Å². The van der Waals surface area contributed by atoms with Crippen LogP contribution < -0.4 is 45.5 Å². The average molecular weight is 276 g/mol. The van der Waals surface area contributed by atoms with Crippen molar-refractivity contribution in [1.82, 2.24) is 0 Å². The van der Waals surface area contributed by atoms with Gasteiger partial charge in [-0.3, -0.25) is 0 Å². The first-order chi connectivity index (χ1) is 4.54. The molecule has 0 bridgehead atoms. The molecule has 1 atom stereocenters. The summed E-state index contributed by atoms with van der Waals surface area (Å²) in [6.45, 7) is 0. The number of hydrogen-bond acceptors (Lipinski definition) is 5. The normalized spacial score (nSPS) is 10.4. The van der Waals surface area contributed by atoms with E-state index >= 15 is 0 Å². The summed E-state index contributed by atoms with van der Waals surface area (Å²) in [6, 6.07) is -1.21. The summed E-state index contributed by atoms with van der Waals surface area (Å²) in [5, 5.41) is 19.6. The van der Waals surface area contributed by atoms with Gasteiger partial charge in [0, 0.05) is 12.0 Å². The van der Waals surface area contributed by atoms with E-state index in [-0.39, 0.29) is 64.8 Å². The molecular formula is C5H7AgNNaO4. The predicted octanol–water partition coefficient (Wildman–Crippen LogP) is -6.40. The van der Waals surface area contributed by atoms with E-state index in [4.69, 9.17) is 5.73 Å². The Morgan fingerprint density at radius 3 is 2.00 bits per heavy atom. The third kappa shape index (κ3) is 10.6. The molecule has 0 aliphatic carbocycles. The molecule has 0 aromatic heterocycles. The molecule has 0 radical (unpaired) electrons. The SMILES string of the molecule is N[C@@H](CCC(=O)[O-])C(=O)[O-].[Ag+].[Na+]. The minimum Gasteiger partial charge on any atom is -0.550 e. The van der Waals surface area contributed by atoms with Crippen molar-refractivity contribution in [3.05, 3.63) is 0 Å². The van der Waals surface area contributed by atoms with Crippen LogP contribution in [0.15, 0.2) is 0 Å². The molecule has 5 nitrogen and oxygen atoms in total. The van der Waals surface area contributed by atoms with E-state index in [2.05, 4.69) is 0 Å². The number of carbonyl (C=O) groups excluding carboxylic acids is 2. The average Bonchev–Trinajstić information content (AvgIpc) is 1.82. The van der Waals surface area contributed by atoms with Gasteiger partial charge in [0.1, 0.15) is 0 Å². The van der Waals surface area contributed by atoms with Crippen LogP contribution in [0, 0.1) is 0 Å². The molecule has 0 aliphatic heterocycles. The monoisotopic (exact) mass is 275 g/mol. The zero-order valence-electron chi connectivity index (χ0n) is 6.50. The van der Waals surface area contributed by atoms with Gasteiger partial charge in [0.15, 0.2) is 0 Å². The summed E-state index contributed by atoms with van der Waals surface area (Å²) in [5.74, 6) is -2.75. The van der Waals surface area contributed by atoms with Gasteiger partial charge in [0.05, 0.1) is 5.97 Å². The Labute approximate surface area is 107 Å². The second kappa shape index (κ2) is 9.73. The number of hydrogen-bond donors (Lipinski definition) is 1. The molecule has 0 aromatic carbocycles. The zero-order valence-corrected chi connectivity index (χ0v) is 9.99. The molecule has 0 aliphatic rings. The molecule has 0 aromatic rings. The maximum Gasteiger partial charge on any atom is 1.00 e. The van der Waals surface area contributed by atoms with E-state index in [0.717, 1.165) is 0 Å². The van der Waals surface area contributed by atoms with Gasteiger partial charge in [-0.25, -0.2) is 0 Å². The van der Waals surface area contributed by atoms with Gasteiger partial charge in [-0.1, -0.05) is 0 Å². The number of carbonyl (C=O) groups is 2. The summed E-state index contributed by atoms with van der Waals surface area (Å²) >= 11 is 0. The van der Waals surface area contributed by atoms with Crippen molar-refractivity contribution >= 4 is 11.9 Å². The van der Waals surface area contributed by atoms with Gasteiger partial charge in [-0.2, -0.15) is 0 Å². The van der Waals surface area contributed by atoms with E-state index < -0.39 is 18.0 Å². The van der Waals surface area contributed by atoms with E-state index in [1.54, 1.807) is 0 Å². The fraction of sp³-hybridized carbons (Fsp3) is 0.600. The Balaban J connectivity index is -0.000000405. The molecule has 0 unspecified atom stereocenters. The van der Waals surface area contributed by atoms with E-state index in [1.807, 2.05) is 0 Å². The van der Waals surface area contributed by atoms with Gasteiger partial charge in [-0.05, 0) is 12.8 Å². The molecule has 0 amide bonds. The maximum atomic E-state index is 9.86. The number of rotatable bonds is 4. The van der Waals surface area contributed by atoms with Crippen LogP contribution in [0.25, 0.3) is 0 Å². The minimum atomic E-state index is -1.44. The largest absolute Gasteiger partial charge is 1.00 e. The molecule has 0 saturated carbocycles. The van der Waals surface area contributed by atoms with Crippen molar-refractivity contribution in [3.63, 3.8) is 0 Å². The van der Waals surface area contributed by atoms with Crippen LogP contribution >= 0.6 is 0 Å². The van der Waals surface area contributed by atoms with Crippen molar-refractivity contribution in [2.45, 2.75) is 18.9 Å². The summed E-state index contributed by atoms with van der Waals surface area (Å²) in [7, 11) is 0. The predicted molar refractivity (Wildman–Crippen MR) is 27.2 cm³/mol. The summed E-state index contributed by atoms with van der Waals surface area (Å²) < 4.78 is 0. The van der Waals surface area contributed by atoms with Crippen LogP contribution in [0.2, 0.25) is 0 Å². The fourth-order valence-corrected chi connectivity index (χ4v) is 0.391. The topological polar surface area (TPSA) is 106 Å². The molecule has 0 spiro atoms. The van der Waals surface area contributed by atoms with E-state index in [9.17, 15) is 19.8 Å². The van der Waals surface area contributed by atoms with Crippen molar-refractivity contribution in [2.75, 3.05) is 0 Å². The number of nitrogens with two attached hydrogens (primary N) is 1. The fourth-order valence-electron chi connectivity index (χ4n) is 0.391. The Kier molecular flexibility index (Phi) is 14.9. The first kappa shape index (κ1) is 18.4. The third-order valence-electron chi connectivity index (χ3n) is 0.962. The molecule has 0 heterocycles. The molecule has 0 saturated heterocycles. The molecule has 7 heteroatoms. The third-order valence-corrected chi connectivity index (χ3v) is 0.962. The van der Waals surface area contributed by atoms with Gasteiger partial charge in [0.2, 0.25) is 0 Å². The summed E-state index contributed by atoms with van der Waals surface area (Å²) in [5.41, 5.74) is 4.91. The van der Waals surface area contributed by atoms with Crippen molar-refractivity contribution in [3.8, 4) is 0 Å². The first-order valence-electron chi connectivity index (χ1n) is 2.70. The zero-order chi connectivity index (χ0) is 8.15. The molecule has 68 valence electrons. The molecule has 0 rings (SSSR count). The first-order valence-corrected chi connectivity index (χ1v) is 2.70. The van der Waals surface area contributed by atoms with Gasteiger partial charge in [0.25, 0.3) is 0 Å². The van der Waals surface area contributed by atoms with Crippen LogP contribution in [-0.4, -0.2) is 18.0 Å². The maximum absolute atomic E-state index is 9.86. The van der Waals surface area contributed by atoms with Crippen molar-refractivity contribution in [2.24, 2.45) is 5.73 Å². The molecular weight excluding hydrogens is 269 g/mol. The van der Waals surface area contributed by atoms with Crippen LogP contribution in [0.1, 0.15) is 12.8 Å². The number of aliphatic carboxylic acids is 2. The standard InChI is InChI=1S/C5H9NO4.Ag.Na/c6-3(5(9)10)1-2-4(7)8;;/h3H,1-2,6H2,(H,7,8)(H,9,10);;/q;2*+1/p-2/t3-;;/m0../s1. The molecule has 0 fully saturated rings. The van der Waals surface area contributed by atoms with Crippen LogP contribution in [0.4, 0.5) is 0 Å².